The maximum absolute atomic E-state index is 12.7. The number of ether oxygens (including phenoxy) is 1. The molecule has 0 aliphatic rings. The molecule has 0 radical (unpaired) electrons. The Morgan fingerprint density at radius 1 is 1.08 bits per heavy atom. The van der Waals surface area contributed by atoms with Crippen molar-refractivity contribution < 1.29 is 4.74 Å². The van der Waals surface area contributed by atoms with Gasteiger partial charge in [0, 0.05) is 9.90 Å². The highest BCUT2D eigenvalue weighted by Crippen LogP contribution is 2.30. The third-order valence-corrected chi connectivity index (χ3v) is 5.34. The zero-order chi connectivity index (χ0) is 17.9. The minimum atomic E-state index is -0.0480. The molecular weight excluding hydrogens is 368 g/mol. The first-order valence-electron chi connectivity index (χ1n) is 8.13. The normalized spacial score (nSPS) is 11.0. The number of rotatable bonds is 5. The minimum Gasteiger partial charge on any atom is -0.492 e. The third-order valence-electron chi connectivity index (χ3n) is 3.99. The Hall–Kier alpha value is -2.63. The van der Waals surface area contributed by atoms with Crippen LogP contribution in [0.2, 0.25) is 5.02 Å². The Balaban J connectivity index is 1.54. The molecule has 0 amide bonds. The number of fused-ring (bicyclic) bond motifs is 1. The summed E-state index contributed by atoms with van der Waals surface area (Å²) in [6, 6.07) is 19.1. The molecule has 0 spiro atoms. The van der Waals surface area contributed by atoms with Crippen molar-refractivity contribution in [2.45, 2.75) is 6.54 Å². The van der Waals surface area contributed by atoms with E-state index in [1.807, 2.05) is 36.4 Å². The van der Waals surface area contributed by atoms with Gasteiger partial charge in [0.25, 0.3) is 5.56 Å². The first-order valence-corrected chi connectivity index (χ1v) is 9.33. The van der Waals surface area contributed by atoms with Gasteiger partial charge < -0.3 is 4.74 Å². The van der Waals surface area contributed by atoms with Crippen LogP contribution >= 0.6 is 22.9 Å². The second kappa shape index (κ2) is 7.32. The molecule has 0 N–H and O–H groups in total. The summed E-state index contributed by atoms with van der Waals surface area (Å²) in [5, 5.41) is 1.30. The van der Waals surface area contributed by atoms with Crippen molar-refractivity contribution in [1.82, 2.24) is 9.55 Å². The highest BCUT2D eigenvalue weighted by atomic mass is 35.5. The summed E-state index contributed by atoms with van der Waals surface area (Å²) < 4.78 is 7.25. The van der Waals surface area contributed by atoms with Gasteiger partial charge in [-0.05, 0) is 35.9 Å². The van der Waals surface area contributed by atoms with Gasteiger partial charge in [0.1, 0.15) is 17.2 Å². The molecular formula is C20H15ClN2O2S. The van der Waals surface area contributed by atoms with Crippen LogP contribution in [-0.2, 0) is 6.54 Å². The molecule has 2 aromatic carbocycles. The van der Waals surface area contributed by atoms with Crippen LogP contribution in [0.5, 0.6) is 5.75 Å². The SMILES string of the molecule is O=c1c2cc(-c3ccccc3)sc2ncn1CCOc1ccc(Cl)cc1. The van der Waals surface area contributed by atoms with Crippen molar-refractivity contribution >= 4 is 33.2 Å². The molecule has 4 nitrogen and oxygen atoms in total. The van der Waals surface area contributed by atoms with E-state index < -0.39 is 0 Å². The van der Waals surface area contributed by atoms with Crippen LogP contribution in [-0.4, -0.2) is 16.2 Å². The summed E-state index contributed by atoms with van der Waals surface area (Å²) in [5.74, 6) is 0.721. The Morgan fingerprint density at radius 3 is 2.62 bits per heavy atom. The van der Waals surface area contributed by atoms with E-state index in [-0.39, 0.29) is 5.56 Å². The van der Waals surface area contributed by atoms with E-state index in [2.05, 4.69) is 4.98 Å². The molecule has 2 heterocycles. The van der Waals surface area contributed by atoms with Crippen molar-refractivity contribution in [1.29, 1.82) is 0 Å². The fourth-order valence-electron chi connectivity index (χ4n) is 2.66. The molecule has 0 saturated heterocycles. The Labute approximate surface area is 159 Å². The van der Waals surface area contributed by atoms with E-state index in [1.165, 1.54) is 11.3 Å². The Kier molecular flexibility index (Phi) is 4.73. The van der Waals surface area contributed by atoms with Crippen molar-refractivity contribution in [3.8, 4) is 16.2 Å². The van der Waals surface area contributed by atoms with Gasteiger partial charge in [0.05, 0.1) is 18.3 Å². The molecule has 0 bridgehead atoms. The topological polar surface area (TPSA) is 44.1 Å². The van der Waals surface area contributed by atoms with E-state index in [4.69, 9.17) is 16.3 Å². The van der Waals surface area contributed by atoms with Crippen molar-refractivity contribution in [2.75, 3.05) is 6.61 Å². The van der Waals surface area contributed by atoms with Crippen LogP contribution in [0.3, 0.4) is 0 Å². The van der Waals surface area contributed by atoms with Crippen LogP contribution in [0.4, 0.5) is 0 Å². The summed E-state index contributed by atoms with van der Waals surface area (Å²) in [6.45, 7) is 0.811. The maximum Gasteiger partial charge on any atom is 0.262 e. The molecule has 0 unspecified atom stereocenters. The smallest absolute Gasteiger partial charge is 0.262 e. The van der Waals surface area contributed by atoms with Gasteiger partial charge in [-0.1, -0.05) is 41.9 Å². The van der Waals surface area contributed by atoms with Gasteiger partial charge in [-0.25, -0.2) is 4.98 Å². The number of benzene rings is 2. The van der Waals surface area contributed by atoms with Gasteiger partial charge in [0.15, 0.2) is 0 Å². The van der Waals surface area contributed by atoms with Crippen LogP contribution in [0.25, 0.3) is 20.7 Å². The number of hydrogen-bond acceptors (Lipinski definition) is 4. The number of nitrogens with zero attached hydrogens (tertiary/aromatic N) is 2. The van der Waals surface area contributed by atoms with Crippen LogP contribution in [0.15, 0.2) is 71.8 Å². The number of aromatic nitrogens is 2. The number of hydrogen-bond donors (Lipinski definition) is 0. The van der Waals surface area contributed by atoms with Gasteiger partial charge in [0.2, 0.25) is 0 Å². The van der Waals surface area contributed by atoms with Crippen molar-refractivity contribution in [3.05, 3.63) is 82.4 Å². The van der Waals surface area contributed by atoms with Crippen molar-refractivity contribution in [3.63, 3.8) is 0 Å². The second-order valence-corrected chi connectivity index (χ2v) is 7.21. The van der Waals surface area contributed by atoms with Gasteiger partial charge in [-0.15, -0.1) is 11.3 Å². The van der Waals surface area contributed by atoms with E-state index in [9.17, 15) is 4.79 Å². The molecule has 0 aliphatic carbocycles. The Morgan fingerprint density at radius 2 is 1.85 bits per heavy atom. The molecule has 0 aliphatic heterocycles. The fourth-order valence-corrected chi connectivity index (χ4v) is 3.78. The summed E-state index contributed by atoms with van der Waals surface area (Å²) in [4.78, 5) is 18.9. The lowest BCUT2D eigenvalue weighted by Crippen LogP contribution is -2.23. The fraction of sp³-hybridized carbons (Fsp3) is 0.100. The van der Waals surface area contributed by atoms with Crippen LogP contribution in [0.1, 0.15) is 0 Å². The predicted molar refractivity (Wildman–Crippen MR) is 106 cm³/mol. The van der Waals surface area contributed by atoms with E-state index in [1.54, 1.807) is 35.2 Å². The molecule has 0 saturated carbocycles. The molecule has 0 fully saturated rings. The molecule has 0 atom stereocenters. The lowest BCUT2D eigenvalue weighted by atomic mass is 10.2. The maximum atomic E-state index is 12.7. The highest BCUT2D eigenvalue weighted by Gasteiger charge is 2.10. The number of halogens is 1. The molecule has 6 heteroatoms. The quantitative estimate of drug-likeness (QED) is 0.495. The lowest BCUT2D eigenvalue weighted by Gasteiger charge is -2.08. The highest BCUT2D eigenvalue weighted by molar-refractivity contribution is 7.21. The molecule has 2 aromatic heterocycles. The predicted octanol–water partition coefficient (Wildman–Crippen LogP) is 4.86. The van der Waals surface area contributed by atoms with Gasteiger partial charge in [-0.2, -0.15) is 0 Å². The zero-order valence-electron chi connectivity index (χ0n) is 13.8. The number of thiophene rings is 1. The average Bonchev–Trinajstić information content (AvgIpc) is 3.11. The largest absolute Gasteiger partial charge is 0.492 e. The second-order valence-electron chi connectivity index (χ2n) is 5.74. The molecule has 26 heavy (non-hydrogen) atoms. The Bertz CT molecular complexity index is 1090. The molecule has 130 valence electrons. The van der Waals surface area contributed by atoms with Crippen molar-refractivity contribution in [2.24, 2.45) is 0 Å². The standard InChI is InChI=1S/C20H15ClN2O2S/c21-15-6-8-16(9-7-15)25-11-10-23-13-22-19-17(20(23)24)12-18(26-19)14-4-2-1-3-5-14/h1-9,12-13H,10-11H2. The molecule has 4 aromatic rings. The monoisotopic (exact) mass is 382 g/mol. The molecule has 4 rings (SSSR count). The summed E-state index contributed by atoms with van der Waals surface area (Å²) in [7, 11) is 0. The first-order chi connectivity index (χ1) is 12.7. The van der Waals surface area contributed by atoms with Crippen LogP contribution < -0.4 is 10.3 Å². The lowest BCUT2D eigenvalue weighted by molar-refractivity contribution is 0.296. The summed E-state index contributed by atoms with van der Waals surface area (Å²) in [6.07, 6.45) is 1.58. The van der Waals surface area contributed by atoms with Gasteiger partial charge in [-0.3, -0.25) is 9.36 Å². The summed E-state index contributed by atoms with van der Waals surface area (Å²) >= 11 is 7.38. The van der Waals surface area contributed by atoms with E-state index >= 15 is 0 Å². The van der Waals surface area contributed by atoms with Crippen LogP contribution in [0, 0.1) is 0 Å². The van der Waals surface area contributed by atoms with E-state index in [0.29, 0.717) is 23.6 Å². The first kappa shape index (κ1) is 16.8. The minimum absolute atomic E-state index is 0.0480. The summed E-state index contributed by atoms with van der Waals surface area (Å²) in [5.41, 5.74) is 1.04. The average molecular weight is 383 g/mol. The van der Waals surface area contributed by atoms with E-state index in [0.717, 1.165) is 21.0 Å². The van der Waals surface area contributed by atoms with Gasteiger partial charge >= 0.3 is 0 Å². The third kappa shape index (κ3) is 3.49. The zero-order valence-corrected chi connectivity index (χ0v) is 15.3.